The van der Waals surface area contributed by atoms with Gasteiger partial charge in [0.2, 0.25) is 35.4 Å². The van der Waals surface area contributed by atoms with E-state index in [1.165, 1.54) is 14.2 Å². The molecule has 1 aliphatic heterocycles. The van der Waals surface area contributed by atoms with E-state index in [4.69, 9.17) is 15.2 Å². The molecule has 1 fully saturated rings. The molecular formula is C53H80Br2N12O9. The molecule has 3 aromatic rings. The summed E-state index contributed by atoms with van der Waals surface area (Å²) < 4.78 is 12.0. The summed E-state index contributed by atoms with van der Waals surface area (Å²) >= 11 is 6.84. The van der Waals surface area contributed by atoms with Crippen molar-refractivity contribution in [3.63, 3.8) is 0 Å². The maximum atomic E-state index is 14.2. The van der Waals surface area contributed by atoms with Crippen LogP contribution in [0.5, 0.6) is 0 Å². The highest BCUT2D eigenvalue weighted by atomic mass is 79.9. The van der Waals surface area contributed by atoms with Gasteiger partial charge in [0, 0.05) is 62.3 Å². The number of nitrogens with two attached hydrogens (primary N) is 1. The van der Waals surface area contributed by atoms with E-state index < -0.39 is 48.1 Å². The van der Waals surface area contributed by atoms with Crippen LogP contribution in [0.3, 0.4) is 0 Å². The molecule has 0 bridgehead atoms. The van der Waals surface area contributed by atoms with Gasteiger partial charge in [-0.1, -0.05) is 85.0 Å². The largest absolute Gasteiger partial charge is 0.379 e. The molecule has 8 unspecified atom stereocenters. The highest BCUT2D eigenvalue weighted by Crippen LogP contribution is 2.30. The summed E-state index contributed by atoms with van der Waals surface area (Å²) in [5, 5.41) is 17.8. The number of carbonyl (C=O) groups excluding carboxylic acids is 7. The van der Waals surface area contributed by atoms with Gasteiger partial charge in [-0.25, -0.2) is 9.97 Å². The number of methoxy groups -OCH3 is 2. The number of fused-ring (bicyclic) bond motifs is 1. The number of amides is 7. The van der Waals surface area contributed by atoms with Gasteiger partial charge in [-0.15, -0.1) is 0 Å². The summed E-state index contributed by atoms with van der Waals surface area (Å²) in [6.07, 6.45) is 1.23. The molecule has 1 saturated heterocycles. The topological polar surface area (TPSA) is 272 Å². The number of likely N-dealkylation sites (N-methyl/N-ethyl adjacent to an activating group) is 2. The molecule has 0 radical (unpaired) electrons. The van der Waals surface area contributed by atoms with Crippen LogP contribution >= 0.6 is 31.9 Å². The lowest BCUT2D eigenvalue weighted by molar-refractivity contribution is -0.146. The van der Waals surface area contributed by atoms with Crippen LogP contribution in [-0.4, -0.2) is 177 Å². The highest BCUT2D eigenvalue weighted by Gasteiger charge is 2.42. The van der Waals surface area contributed by atoms with Crippen LogP contribution in [-0.2, 0) is 55.3 Å². The second-order valence-electron chi connectivity index (χ2n) is 19.9. The first kappa shape index (κ1) is 63.4. The van der Waals surface area contributed by atoms with E-state index in [0.29, 0.717) is 52.3 Å². The zero-order valence-corrected chi connectivity index (χ0v) is 48.8. The number of anilines is 1. The molecule has 8 atom stereocenters. The van der Waals surface area contributed by atoms with Crippen molar-refractivity contribution in [1.82, 2.24) is 51.3 Å². The lowest BCUT2D eigenvalue weighted by Gasteiger charge is -2.39. The zero-order valence-electron chi connectivity index (χ0n) is 45.7. The molecule has 8 N–H and O–H groups in total. The van der Waals surface area contributed by atoms with Crippen LogP contribution in [0.4, 0.5) is 5.69 Å². The van der Waals surface area contributed by atoms with Gasteiger partial charge in [0.1, 0.15) is 0 Å². The quantitative estimate of drug-likeness (QED) is 0.0288. The Labute approximate surface area is 464 Å². The van der Waals surface area contributed by atoms with Gasteiger partial charge in [-0.3, -0.25) is 43.8 Å². The van der Waals surface area contributed by atoms with Crippen molar-refractivity contribution in [3.05, 3.63) is 65.0 Å². The smallest absolute Gasteiger partial charge is 0.251 e. The van der Waals surface area contributed by atoms with Gasteiger partial charge in [0.25, 0.3) is 5.91 Å². The SMILES string of the molecule is CCC(C)C(C(CC(=O)N1CCCC1C(OC)C(C)C(=O)NC(CN)Cc1ccc(NC(=O)CNCNC(=O)CNC(=O)c2ccc3nc(CBr)c(CBr)nc3c2)cc1)OC)N(C)C(=O)CNC(=O)C(C(C)C)N(C)C. The average molecular weight is 1190 g/mol. The number of hydrogen-bond donors (Lipinski definition) is 7. The standard InChI is InChI=1S/C53H80Br2N12O9/c1-11-32(4)49(66(8)47(71)29-59-53(74)48(31(2)3)65(6)7)43(75-9)23-46(70)67-20-12-13-42(67)50(76-10)33(5)51(72)62-37(26-56)21-34-14-17-36(18-15-34)61-45(69)27-57-30-60-44(68)28-58-52(73)35-16-19-38-39(22-35)64-41(25-55)40(24-54)63-38/h14-19,22,31-33,37,42-43,48-50,57H,11-13,20-21,23-30,56H2,1-10H3,(H,58,73)(H,59,74)(H,60,68)(H,61,69)(H,62,72). The first-order chi connectivity index (χ1) is 36.2. The van der Waals surface area contributed by atoms with E-state index in [0.717, 1.165) is 29.8 Å². The van der Waals surface area contributed by atoms with E-state index >= 15 is 0 Å². The Balaban J connectivity index is 1.23. The monoisotopic (exact) mass is 1190 g/mol. The van der Waals surface area contributed by atoms with E-state index in [-0.39, 0.29) is 86.7 Å². The Bertz CT molecular complexity index is 2430. The molecule has 2 heterocycles. The zero-order chi connectivity index (χ0) is 56.2. The van der Waals surface area contributed by atoms with E-state index in [9.17, 15) is 33.6 Å². The number of nitrogens with zero attached hydrogens (tertiary/aromatic N) is 5. The fourth-order valence-corrected chi connectivity index (χ4v) is 10.6. The van der Waals surface area contributed by atoms with Crippen molar-refractivity contribution in [3.8, 4) is 0 Å². The highest BCUT2D eigenvalue weighted by molar-refractivity contribution is 9.09. The minimum atomic E-state index is -0.649. The number of rotatable bonds is 30. The number of aromatic nitrogens is 2. The lowest BCUT2D eigenvalue weighted by Crippen LogP contribution is -2.55. The molecule has 0 saturated carbocycles. The van der Waals surface area contributed by atoms with Gasteiger partial charge in [-0.05, 0) is 81.1 Å². The third-order valence-electron chi connectivity index (χ3n) is 14.0. The van der Waals surface area contributed by atoms with Crippen LogP contribution in [0, 0.1) is 17.8 Å². The fraction of sp³-hybridized carbons (Fsp3) is 0.604. The lowest BCUT2D eigenvalue weighted by atomic mass is 9.90. The Morgan fingerprint density at radius 3 is 2.09 bits per heavy atom. The minimum absolute atomic E-state index is 0.000678. The van der Waals surface area contributed by atoms with Gasteiger partial charge in [-0.2, -0.15) is 0 Å². The van der Waals surface area contributed by atoms with Crippen LogP contribution in [0.2, 0.25) is 0 Å². The van der Waals surface area contributed by atoms with Crippen molar-refractivity contribution in [2.24, 2.45) is 23.5 Å². The number of likely N-dealkylation sites (tertiary alicyclic amines) is 1. The number of halogens is 2. The van der Waals surface area contributed by atoms with Gasteiger partial charge in [0.15, 0.2) is 0 Å². The van der Waals surface area contributed by atoms with E-state index in [2.05, 4.69) is 73.7 Å². The summed E-state index contributed by atoms with van der Waals surface area (Å²) in [5.74, 6) is -2.84. The van der Waals surface area contributed by atoms with Crippen LogP contribution in [0.1, 0.15) is 87.6 Å². The second-order valence-corrected chi connectivity index (χ2v) is 21.0. The van der Waals surface area contributed by atoms with Crippen molar-refractivity contribution < 1.29 is 43.0 Å². The van der Waals surface area contributed by atoms with Crippen molar-refractivity contribution in [1.29, 1.82) is 0 Å². The third kappa shape index (κ3) is 17.9. The number of alkyl halides is 2. The first-order valence-electron chi connectivity index (χ1n) is 25.8. The molecule has 23 heteroatoms. The molecule has 7 amide bonds. The minimum Gasteiger partial charge on any atom is -0.379 e. The van der Waals surface area contributed by atoms with Crippen molar-refractivity contribution in [2.75, 3.05) is 80.1 Å². The molecule has 0 aliphatic carbocycles. The number of benzene rings is 2. The molecule has 2 aromatic carbocycles. The maximum absolute atomic E-state index is 14.2. The molecular weight excluding hydrogens is 1110 g/mol. The average Bonchev–Trinajstić information content (AvgIpc) is 3.90. The van der Waals surface area contributed by atoms with Crippen LogP contribution in [0.15, 0.2) is 42.5 Å². The van der Waals surface area contributed by atoms with Crippen molar-refractivity contribution >= 4 is 89.9 Å². The summed E-state index contributed by atoms with van der Waals surface area (Å²) in [4.78, 5) is 107. The maximum Gasteiger partial charge on any atom is 0.251 e. The molecule has 420 valence electrons. The Kier molecular flexibility index (Phi) is 26.1. The Morgan fingerprint density at radius 2 is 1.50 bits per heavy atom. The Morgan fingerprint density at radius 1 is 0.829 bits per heavy atom. The van der Waals surface area contributed by atoms with E-state index in [1.54, 1.807) is 54.1 Å². The normalized spacial score (nSPS) is 16.3. The van der Waals surface area contributed by atoms with Gasteiger partial charge in [0.05, 0.1) is 91.4 Å². The van der Waals surface area contributed by atoms with Crippen LogP contribution < -0.4 is 37.6 Å². The summed E-state index contributed by atoms with van der Waals surface area (Å²) in [6.45, 7) is 9.79. The predicted molar refractivity (Wildman–Crippen MR) is 299 cm³/mol. The number of carbonyl (C=O) groups is 7. The third-order valence-corrected chi connectivity index (χ3v) is 15.0. The molecule has 1 aromatic heterocycles. The fourth-order valence-electron chi connectivity index (χ4n) is 9.74. The molecule has 1 aliphatic rings. The Hall–Kier alpha value is -5.17. The predicted octanol–water partition coefficient (Wildman–Crippen LogP) is 3.06. The molecule has 0 spiro atoms. The van der Waals surface area contributed by atoms with Gasteiger partial charge < -0.3 is 51.6 Å². The summed E-state index contributed by atoms with van der Waals surface area (Å²) in [6, 6.07) is 10.5. The molecule has 76 heavy (non-hydrogen) atoms. The van der Waals surface area contributed by atoms with Crippen molar-refractivity contribution in [2.45, 2.75) is 114 Å². The van der Waals surface area contributed by atoms with Gasteiger partial charge >= 0.3 is 0 Å². The molecule has 4 rings (SSSR count). The number of nitrogens with one attached hydrogen (secondary N) is 6. The number of ether oxygens (including phenoxy) is 2. The second kappa shape index (κ2) is 31.3. The summed E-state index contributed by atoms with van der Waals surface area (Å²) in [7, 11) is 8.42. The summed E-state index contributed by atoms with van der Waals surface area (Å²) in [5.41, 5.74) is 10.7. The molecule has 21 nitrogen and oxygen atoms in total. The number of hydrogen-bond acceptors (Lipinski definition) is 14. The first-order valence-corrected chi connectivity index (χ1v) is 28.1. The van der Waals surface area contributed by atoms with Crippen LogP contribution in [0.25, 0.3) is 11.0 Å². The van der Waals surface area contributed by atoms with E-state index in [1.807, 2.05) is 58.8 Å².